The van der Waals surface area contributed by atoms with Crippen molar-refractivity contribution in [2.45, 2.75) is 57.8 Å². The number of rotatable bonds is 2. The van der Waals surface area contributed by atoms with Crippen molar-refractivity contribution < 1.29 is 11.0 Å². The lowest BCUT2D eigenvalue weighted by atomic mass is 9.89. The van der Waals surface area contributed by atoms with E-state index in [0.29, 0.717) is 0 Å². The minimum absolute atomic E-state index is 0. The molecule has 1 aliphatic rings. The maximum atomic E-state index is 4.13. The summed E-state index contributed by atoms with van der Waals surface area (Å²) in [6, 6.07) is 8.06. The highest BCUT2D eigenvalue weighted by Gasteiger charge is 2.11. The molecule has 0 aliphatic heterocycles. The lowest BCUT2D eigenvalue weighted by Gasteiger charge is -2.20. The molecule has 0 aromatic heterocycles. The Morgan fingerprint density at radius 2 is 1.48 bits per heavy atom. The standard InChI is InChI=1S/C8H17N.C7H8S.C2H6.2H2O/c1-9-7-8-5-3-2-4-6-8;1-6-2-4-7(8)5-3-6;1-2;;/h8-9H,2-7H2,1H3;2-5,8H,1H3;1-2H3;2*1H2. The molecule has 0 atom stereocenters. The van der Waals surface area contributed by atoms with Crippen LogP contribution in [0.4, 0.5) is 0 Å². The van der Waals surface area contributed by atoms with Crippen molar-refractivity contribution >= 4 is 12.6 Å². The first-order valence-electron chi connectivity index (χ1n) is 7.62. The van der Waals surface area contributed by atoms with Crippen LogP contribution < -0.4 is 5.32 Å². The normalized spacial score (nSPS) is 13.4. The highest BCUT2D eigenvalue weighted by atomic mass is 32.1. The second-order valence-corrected chi connectivity index (χ2v) is 5.41. The van der Waals surface area contributed by atoms with Gasteiger partial charge in [-0.15, -0.1) is 12.6 Å². The predicted octanol–water partition coefficient (Wildman–Crippen LogP) is 3.45. The smallest absolute Gasteiger partial charge is 0.00401 e. The van der Waals surface area contributed by atoms with E-state index >= 15 is 0 Å². The molecule has 21 heavy (non-hydrogen) atoms. The molecule has 1 fully saturated rings. The van der Waals surface area contributed by atoms with Gasteiger partial charge in [-0.3, -0.25) is 0 Å². The highest BCUT2D eigenvalue weighted by molar-refractivity contribution is 7.80. The highest BCUT2D eigenvalue weighted by Crippen LogP contribution is 2.22. The minimum atomic E-state index is 0. The third kappa shape index (κ3) is 14.2. The summed E-state index contributed by atoms with van der Waals surface area (Å²) < 4.78 is 0. The van der Waals surface area contributed by atoms with Gasteiger partial charge < -0.3 is 16.3 Å². The van der Waals surface area contributed by atoms with Crippen LogP contribution in [0.1, 0.15) is 51.5 Å². The molecule has 5 N–H and O–H groups in total. The van der Waals surface area contributed by atoms with Crippen molar-refractivity contribution in [2.24, 2.45) is 5.92 Å². The maximum absolute atomic E-state index is 4.13. The first-order valence-corrected chi connectivity index (χ1v) is 8.07. The molecular weight excluding hydrogens is 282 g/mol. The number of aryl methyl sites for hydroxylation is 1. The van der Waals surface area contributed by atoms with Gasteiger partial charge in [-0.25, -0.2) is 0 Å². The Kier molecular flexibility index (Phi) is 21.2. The van der Waals surface area contributed by atoms with Gasteiger partial charge >= 0.3 is 0 Å². The van der Waals surface area contributed by atoms with Gasteiger partial charge in [0.1, 0.15) is 0 Å². The van der Waals surface area contributed by atoms with Crippen molar-refractivity contribution in [1.29, 1.82) is 0 Å². The van der Waals surface area contributed by atoms with Crippen molar-refractivity contribution in [2.75, 3.05) is 13.6 Å². The summed E-state index contributed by atoms with van der Waals surface area (Å²) in [5.41, 5.74) is 1.28. The quantitative estimate of drug-likeness (QED) is 0.805. The Bertz CT molecular complexity index is 274. The Morgan fingerprint density at radius 1 is 1.00 bits per heavy atom. The van der Waals surface area contributed by atoms with Crippen LogP contribution in [0.15, 0.2) is 29.2 Å². The summed E-state index contributed by atoms with van der Waals surface area (Å²) in [5, 5.41) is 3.24. The van der Waals surface area contributed by atoms with Gasteiger partial charge in [0.2, 0.25) is 0 Å². The van der Waals surface area contributed by atoms with Gasteiger partial charge in [-0.1, -0.05) is 50.8 Å². The molecule has 1 aliphatic carbocycles. The Hall–Kier alpha value is -0.550. The lowest BCUT2D eigenvalue weighted by Crippen LogP contribution is -2.20. The molecule has 0 amide bonds. The van der Waals surface area contributed by atoms with Crippen LogP contribution in [0.3, 0.4) is 0 Å². The van der Waals surface area contributed by atoms with Crippen molar-refractivity contribution in [3.63, 3.8) is 0 Å². The topological polar surface area (TPSA) is 75.0 Å². The van der Waals surface area contributed by atoms with E-state index in [-0.39, 0.29) is 11.0 Å². The molecule has 0 bridgehead atoms. The average Bonchev–Trinajstić information content (AvgIpc) is 2.47. The largest absolute Gasteiger partial charge is 0.412 e. The molecule has 0 spiro atoms. The van der Waals surface area contributed by atoms with Crippen LogP contribution in [0.5, 0.6) is 0 Å². The maximum Gasteiger partial charge on any atom is 0.00401 e. The van der Waals surface area contributed by atoms with Crippen molar-refractivity contribution in [3.8, 4) is 0 Å². The molecule has 4 heteroatoms. The second-order valence-electron chi connectivity index (χ2n) is 4.90. The fourth-order valence-electron chi connectivity index (χ4n) is 2.22. The van der Waals surface area contributed by atoms with Crippen LogP contribution >= 0.6 is 12.6 Å². The Morgan fingerprint density at radius 3 is 1.86 bits per heavy atom. The molecule has 1 saturated carbocycles. The Labute approximate surface area is 136 Å². The van der Waals surface area contributed by atoms with Crippen molar-refractivity contribution in [3.05, 3.63) is 29.8 Å². The number of benzene rings is 1. The van der Waals surface area contributed by atoms with E-state index in [1.807, 2.05) is 38.1 Å². The summed E-state index contributed by atoms with van der Waals surface area (Å²) in [7, 11) is 2.05. The Balaban J connectivity index is -0.000000255. The summed E-state index contributed by atoms with van der Waals surface area (Å²) in [6.07, 6.45) is 7.32. The van der Waals surface area contributed by atoms with Gasteiger partial charge in [-0.05, 0) is 51.4 Å². The third-order valence-electron chi connectivity index (χ3n) is 3.25. The van der Waals surface area contributed by atoms with E-state index in [0.717, 1.165) is 10.8 Å². The number of hydrogen-bond donors (Lipinski definition) is 2. The zero-order valence-electron chi connectivity index (χ0n) is 14.1. The molecule has 0 heterocycles. The molecule has 0 saturated heterocycles. The summed E-state index contributed by atoms with van der Waals surface area (Å²) >= 11 is 4.13. The van der Waals surface area contributed by atoms with Crippen LogP contribution in [0.2, 0.25) is 0 Å². The monoisotopic (exact) mass is 317 g/mol. The van der Waals surface area contributed by atoms with Crippen molar-refractivity contribution in [1.82, 2.24) is 5.32 Å². The fourth-order valence-corrected chi connectivity index (χ4v) is 2.37. The molecule has 1 aromatic rings. The molecule has 0 unspecified atom stereocenters. The first-order chi connectivity index (χ1) is 9.22. The van der Waals surface area contributed by atoms with E-state index in [1.54, 1.807) is 0 Å². The molecule has 2 rings (SSSR count). The zero-order chi connectivity index (χ0) is 14.5. The van der Waals surface area contributed by atoms with E-state index in [9.17, 15) is 0 Å². The number of hydrogen-bond acceptors (Lipinski definition) is 2. The summed E-state index contributed by atoms with van der Waals surface area (Å²) in [4.78, 5) is 1.02. The summed E-state index contributed by atoms with van der Waals surface area (Å²) in [5.74, 6) is 0.990. The van der Waals surface area contributed by atoms with Crippen LogP contribution in [-0.4, -0.2) is 24.5 Å². The molecule has 0 radical (unpaired) electrons. The lowest BCUT2D eigenvalue weighted by molar-refractivity contribution is 0.350. The van der Waals surface area contributed by atoms with E-state index in [1.165, 1.54) is 44.2 Å². The predicted molar refractivity (Wildman–Crippen MR) is 97.5 cm³/mol. The number of thiol groups is 1. The number of nitrogens with one attached hydrogen (secondary N) is 1. The SMILES string of the molecule is CC.CNCC1CCCCC1.Cc1ccc(S)cc1.O.O. The van der Waals surface area contributed by atoms with Gasteiger partial charge in [0.25, 0.3) is 0 Å². The van der Waals surface area contributed by atoms with Crippen LogP contribution in [0.25, 0.3) is 0 Å². The molecule has 1 aromatic carbocycles. The van der Waals surface area contributed by atoms with Gasteiger partial charge in [0.15, 0.2) is 0 Å². The molecule has 3 nitrogen and oxygen atoms in total. The van der Waals surface area contributed by atoms with E-state index in [4.69, 9.17) is 0 Å². The fraction of sp³-hybridized carbons (Fsp3) is 0.647. The van der Waals surface area contributed by atoms with Gasteiger partial charge in [0, 0.05) is 4.90 Å². The summed E-state index contributed by atoms with van der Waals surface area (Å²) in [6.45, 7) is 7.30. The van der Waals surface area contributed by atoms with Crippen LogP contribution in [-0.2, 0) is 0 Å². The van der Waals surface area contributed by atoms with Gasteiger partial charge in [-0.2, -0.15) is 0 Å². The zero-order valence-corrected chi connectivity index (χ0v) is 15.0. The molecule has 126 valence electrons. The van der Waals surface area contributed by atoms with Gasteiger partial charge in [0.05, 0.1) is 0 Å². The first kappa shape index (κ1) is 25.4. The minimum Gasteiger partial charge on any atom is -0.412 e. The van der Waals surface area contributed by atoms with Crippen LogP contribution in [0, 0.1) is 12.8 Å². The second kappa shape index (κ2) is 17.5. The van der Waals surface area contributed by atoms with E-state index < -0.39 is 0 Å². The van der Waals surface area contributed by atoms with E-state index in [2.05, 4.69) is 31.9 Å². The third-order valence-corrected chi connectivity index (χ3v) is 3.55. The average molecular weight is 318 g/mol. The molecular formula is C17H35NO2S.